The first-order valence-electron chi connectivity index (χ1n) is 8.27. The van der Waals surface area contributed by atoms with E-state index in [2.05, 4.69) is 19.9 Å². The molecular weight excluding hydrogens is 266 g/mol. The molecule has 0 amide bonds. The molecule has 2 unspecified atom stereocenters. The van der Waals surface area contributed by atoms with Crippen LogP contribution in [0.15, 0.2) is 12.2 Å². The summed E-state index contributed by atoms with van der Waals surface area (Å²) in [5.74, 6) is -1.04. The molecule has 0 aliphatic carbocycles. The molecule has 2 atom stereocenters. The molecule has 0 aromatic carbocycles. The van der Waals surface area contributed by atoms with Gasteiger partial charge in [-0.25, -0.2) is 0 Å². The number of rotatable bonds is 12. The lowest BCUT2D eigenvalue weighted by Crippen LogP contribution is -2.53. The maximum absolute atomic E-state index is 11.0. The highest BCUT2D eigenvalue weighted by atomic mass is 16.4. The number of hydrogen-bond donors (Lipinski definition) is 2. The lowest BCUT2D eigenvalue weighted by molar-refractivity contribution is -0.928. The molecule has 4 nitrogen and oxygen atoms in total. The van der Waals surface area contributed by atoms with Gasteiger partial charge in [0.05, 0.1) is 25.6 Å². The Balaban J connectivity index is 4.39. The smallest absolute Gasteiger partial charge is 0.306 e. The van der Waals surface area contributed by atoms with E-state index in [9.17, 15) is 9.90 Å². The van der Waals surface area contributed by atoms with Crippen LogP contribution in [-0.2, 0) is 4.79 Å². The van der Waals surface area contributed by atoms with E-state index in [1.165, 1.54) is 0 Å². The molecule has 2 N–H and O–H groups in total. The van der Waals surface area contributed by atoms with Crippen LogP contribution >= 0.6 is 0 Å². The predicted octanol–water partition coefficient (Wildman–Crippen LogP) is 3.06. The Hall–Kier alpha value is -0.870. The minimum atomic E-state index is -0.729. The third-order valence-electron chi connectivity index (χ3n) is 4.54. The second kappa shape index (κ2) is 10.8. The van der Waals surface area contributed by atoms with Gasteiger partial charge in [0.2, 0.25) is 0 Å². The zero-order chi connectivity index (χ0) is 16.3. The Kier molecular flexibility index (Phi) is 10.4. The first kappa shape index (κ1) is 20.1. The summed E-state index contributed by atoms with van der Waals surface area (Å²) in [5, 5.41) is 19.3. The SMILES string of the molecule is C/C=C/CCCC(O)C[N+](CC)(CC)CCC(C)C(=O)O. The maximum Gasteiger partial charge on any atom is 0.306 e. The summed E-state index contributed by atoms with van der Waals surface area (Å²) in [4.78, 5) is 11.0. The summed E-state index contributed by atoms with van der Waals surface area (Å²) in [6.07, 6.45) is 7.38. The van der Waals surface area contributed by atoms with Gasteiger partial charge in [0.1, 0.15) is 12.6 Å². The van der Waals surface area contributed by atoms with Gasteiger partial charge in [-0.3, -0.25) is 4.79 Å². The van der Waals surface area contributed by atoms with Gasteiger partial charge in [0.15, 0.2) is 0 Å². The third kappa shape index (κ3) is 8.22. The number of nitrogens with zero attached hydrogens (tertiary/aromatic N) is 1. The van der Waals surface area contributed by atoms with Crippen molar-refractivity contribution < 1.29 is 19.5 Å². The van der Waals surface area contributed by atoms with Crippen molar-refractivity contribution >= 4 is 5.97 Å². The largest absolute Gasteiger partial charge is 0.481 e. The molecule has 0 spiro atoms. The molecule has 0 bridgehead atoms. The molecule has 0 radical (unpaired) electrons. The molecule has 0 fully saturated rings. The molecule has 0 aliphatic rings. The second-order valence-corrected chi connectivity index (χ2v) is 6.06. The number of carboxylic acid groups (broad SMARTS) is 1. The second-order valence-electron chi connectivity index (χ2n) is 6.06. The first-order valence-corrected chi connectivity index (χ1v) is 8.27. The van der Waals surface area contributed by atoms with E-state index in [1.807, 2.05) is 13.0 Å². The van der Waals surface area contributed by atoms with Crippen molar-refractivity contribution in [3.63, 3.8) is 0 Å². The van der Waals surface area contributed by atoms with E-state index in [0.717, 1.165) is 49.9 Å². The number of allylic oxidation sites excluding steroid dienone is 2. The zero-order valence-electron chi connectivity index (χ0n) is 14.2. The molecule has 0 aromatic heterocycles. The fraction of sp³-hybridized carbons (Fsp3) is 0.824. The summed E-state index contributed by atoms with van der Waals surface area (Å²) in [7, 11) is 0. The van der Waals surface area contributed by atoms with E-state index in [4.69, 9.17) is 5.11 Å². The van der Waals surface area contributed by atoms with Gasteiger partial charge in [-0.1, -0.05) is 19.1 Å². The van der Waals surface area contributed by atoms with Gasteiger partial charge in [0, 0.05) is 6.42 Å². The van der Waals surface area contributed by atoms with Crippen LogP contribution in [0.25, 0.3) is 0 Å². The molecule has 21 heavy (non-hydrogen) atoms. The van der Waals surface area contributed by atoms with Gasteiger partial charge in [-0.05, 0) is 40.0 Å². The molecule has 0 saturated heterocycles. The van der Waals surface area contributed by atoms with Gasteiger partial charge in [-0.2, -0.15) is 0 Å². The molecule has 0 rings (SSSR count). The average Bonchev–Trinajstić information content (AvgIpc) is 2.47. The fourth-order valence-electron chi connectivity index (χ4n) is 2.66. The summed E-state index contributed by atoms with van der Waals surface area (Å²) < 4.78 is 0.808. The van der Waals surface area contributed by atoms with Gasteiger partial charge >= 0.3 is 5.97 Å². The molecule has 0 heterocycles. The van der Waals surface area contributed by atoms with Crippen LogP contribution in [0, 0.1) is 5.92 Å². The van der Waals surface area contributed by atoms with Crippen LogP contribution in [0.3, 0.4) is 0 Å². The molecule has 124 valence electrons. The quantitative estimate of drug-likeness (QED) is 0.331. The number of carbonyl (C=O) groups is 1. The lowest BCUT2D eigenvalue weighted by atomic mass is 10.1. The summed E-state index contributed by atoms with van der Waals surface area (Å²) in [6, 6.07) is 0. The van der Waals surface area contributed by atoms with Gasteiger partial charge < -0.3 is 14.7 Å². The maximum atomic E-state index is 11.0. The Morgan fingerprint density at radius 2 is 1.86 bits per heavy atom. The highest BCUT2D eigenvalue weighted by Crippen LogP contribution is 2.15. The Labute approximate surface area is 130 Å². The van der Waals surface area contributed by atoms with Gasteiger partial charge in [0.25, 0.3) is 0 Å². The average molecular weight is 300 g/mol. The number of aliphatic hydroxyl groups excluding tert-OH is 1. The van der Waals surface area contributed by atoms with Gasteiger partial charge in [-0.15, -0.1) is 0 Å². The predicted molar refractivity (Wildman–Crippen MR) is 87.2 cm³/mol. The first-order chi connectivity index (χ1) is 9.90. The molecule has 0 aliphatic heterocycles. The fourth-order valence-corrected chi connectivity index (χ4v) is 2.66. The van der Waals surface area contributed by atoms with E-state index in [0.29, 0.717) is 6.42 Å². The Bertz CT molecular complexity index is 311. The number of unbranched alkanes of at least 4 members (excludes halogenated alkanes) is 1. The van der Waals surface area contributed by atoms with E-state index in [1.54, 1.807) is 6.92 Å². The van der Waals surface area contributed by atoms with Crippen molar-refractivity contribution in [2.45, 2.75) is 59.5 Å². The number of quaternary nitrogens is 1. The molecular formula is C17H34NO3+. The summed E-state index contributed by atoms with van der Waals surface area (Å²) in [6.45, 7) is 11.5. The number of aliphatic hydroxyl groups is 1. The van der Waals surface area contributed by atoms with Crippen LogP contribution in [0.1, 0.15) is 53.4 Å². The minimum Gasteiger partial charge on any atom is -0.481 e. The zero-order valence-corrected chi connectivity index (χ0v) is 14.2. The topological polar surface area (TPSA) is 57.5 Å². The van der Waals surface area contributed by atoms with E-state index in [-0.39, 0.29) is 12.0 Å². The van der Waals surface area contributed by atoms with Crippen molar-refractivity contribution in [2.75, 3.05) is 26.2 Å². The molecule has 0 aromatic rings. The number of aliphatic carboxylic acids is 1. The van der Waals surface area contributed by atoms with E-state index >= 15 is 0 Å². The van der Waals surface area contributed by atoms with Crippen molar-refractivity contribution in [1.82, 2.24) is 0 Å². The summed E-state index contributed by atoms with van der Waals surface area (Å²) >= 11 is 0. The number of hydrogen-bond acceptors (Lipinski definition) is 2. The van der Waals surface area contributed by atoms with Crippen LogP contribution in [0.5, 0.6) is 0 Å². The van der Waals surface area contributed by atoms with Crippen LogP contribution < -0.4 is 0 Å². The van der Waals surface area contributed by atoms with Crippen molar-refractivity contribution in [3.8, 4) is 0 Å². The highest BCUT2D eigenvalue weighted by molar-refractivity contribution is 5.69. The van der Waals surface area contributed by atoms with Crippen LogP contribution in [-0.4, -0.2) is 52.9 Å². The van der Waals surface area contributed by atoms with Crippen molar-refractivity contribution in [2.24, 2.45) is 5.92 Å². The van der Waals surface area contributed by atoms with Crippen LogP contribution in [0.2, 0.25) is 0 Å². The highest BCUT2D eigenvalue weighted by Gasteiger charge is 2.28. The summed E-state index contributed by atoms with van der Waals surface area (Å²) in [5.41, 5.74) is 0. The Morgan fingerprint density at radius 3 is 2.33 bits per heavy atom. The van der Waals surface area contributed by atoms with Crippen LogP contribution in [0.4, 0.5) is 0 Å². The monoisotopic (exact) mass is 300 g/mol. The van der Waals surface area contributed by atoms with E-state index < -0.39 is 5.97 Å². The minimum absolute atomic E-state index is 0.296. The van der Waals surface area contributed by atoms with Crippen molar-refractivity contribution in [1.29, 1.82) is 0 Å². The lowest BCUT2D eigenvalue weighted by Gasteiger charge is -2.39. The molecule has 0 saturated carbocycles. The number of carboxylic acids is 1. The third-order valence-corrected chi connectivity index (χ3v) is 4.54. The van der Waals surface area contributed by atoms with Crippen molar-refractivity contribution in [3.05, 3.63) is 12.2 Å². The standard InChI is InChI=1S/C17H33NO3/c1-5-8-9-10-11-16(19)14-18(6-2,7-3)13-12-15(4)17(20)21/h5,8,15-16,19H,6-7,9-14H2,1-4H3/p+1/b8-5+. The molecule has 4 heteroatoms. The normalized spacial score (nSPS) is 15.3. The number of likely N-dealkylation sites (N-methyl/N-ethyl adjacent to an activating group) is 1. The Morgan fingerprint density at radius 1 is 1.24 bits per heavy atom.